The molecule has 3 nitrogen and oxygen atoms in total. The molecule has 1 N–H and O–H groups in total. The molecule has 0 aromatic carbocycles. The minimum absolute atomic E-state index is 0. The molecule has 0 saturated carbocycles. The average Bonchev–Trinajstić information content (AvgIpc) is 2.96. The molecule has 100 valence electrons. The van der Waals surface area contributed by atoms with Crippen LogP contribution in [0.5, 0.6) is 0 Å². The molecule has 0 aromatic rings. The van der Waals surface area contributed by atoms with Crippen LogP contribution in [-0.4, -0.2) is 36.5 Å². The summed E-state index contributed by atoms with van der Waals surface area (Å²) in [6, 6.07) is 0.536. The van der Waals surface area contributed by atoms with E-state index in [0.29, 0.717) is 11.9 Å². The Bertz CT molecular complexity index is 242. The number of halogens is 1. The Kier molecular flexibility index (Phi) is 6.28. The first-order valence-corrected chi connectivity index (χ1v) is 6.81. The number of nitrogens with zero attached hydrogens (tertiary/aromatic N) is 1. The highest BCUT2D eigenvalue weighted by molar-refractivity contribution is 5.85. The number of hydrogen-bond acceptors (Lipinski definition) is 2. The van der Waals surface area contributed by atoms with Crippen molar-refractivity contribution < 1.29 is 4.79 Å². The molecular formula is C13H25ClN2O. The quantitative estimate of drug-likeness (QED) is 0.841. The van der Waals surface area contributed by atoms with E-state index in [9.17, 15) is 4.79 Å². The SMILES string of the molecule is CCC1CCCN1C(=O)CCC1CCNC1.Cl. The Morgan fingerprint density at radius 2 is 2.24 bits per heavy atom. The lowest BCUT2D eigenvalue weighted by molar-refractivity contribution is -0.132. The van der Waals surface area contributed by atoms with Crippen molar-refractivity contribution in [1.29, 1.82) is 0 Å². The molecule has 2 atom stereocenters. The Hall–Kier alpha value is -0.280. The van der Waals surface area contributed by atoms with Gasteiger partial charge in [-0.15, -0.1) is 12.4 Å². The third-order valence-corrected chi connectivity index (χ3v) is 4.10. The van der Waals surface area contributed by atoms with Crippen molar-refractivity contribution in [3.63, 3.8) is 0 Å². The summed E-state index contributed by atoms with van der Waals surface area (Å²) in [5, 5.41) is 3.36. The molecule has 1 amide bonds. The van der Waals surface area contributed by atoms with Gasteiger partial charge in [0, 0.05) is 19.0 Å². The second-order valence-corrected chi connectivity index (χ2v) is 5.19. The molecule has 2 aliphatic heterocycles. The molecule has 0 bridgehead atoms. The third-order valence-electron chi connectivity index (χ3n) is 4.10. The van der Waals surface area contributed by atoms with Gasteiger partial charge in [0.25, 0.3) is 0 Å². The van der Waals surface area contributed by atoms with Gasteiger partial charge in [0.2, 0.25) is 5.91 Å². The minimum Gasteiger partial charge on any atom is -0.340 e. The Morgan fingerprint density at radius 1 is 1.41 bits per heavy atom. The Labute approximate surface area is 111 Å². The lowest BCUT2D eigenvalue weighted by atomic mass is 10.0. The fourth-order valence-corrected chi connectivity index (χ4v) is 3.02. The number of carbonyl (C=O) groups is 1. The summed E-state index contributed by atoms with van der Waals surface area (Å²) < 4.78 is 0. The minimum atomic E-state index is 0. The highest BCUT2D eigenvalue weighted by Crippen LogP contribution is 2.22. The summed E-state index contributed by atoms with van der Waals surface area (Å²) in [5.74, 6) is 1.14. The van der Waals surface area contributed by atoms with Crippen LogP contribution in [0.3, 0.4) is 0 Å². The largest absolute Gasteiger partial charge is 0.340 e. The molecule has 2 aliphatic rings. The van der Waals surface area contributed by atoms with Crippen LogP contribution in [0, 0.1) is 5.92 Å². The highest BCUT2D eigenvalue weighted by atomic mass is 35.5. The predicted molar refractivity (Wildman–Crippen MR) is 72.5 cm³/mol. The number of likely N-dealkylation sites (tertiary alicyclic amines) is 1. The monoisotopic (exact) mass is 260 g/mol. The van der Waals surface area contributed by atoms with E-state index in [1.165, 1.54) is 19.3 Å². The molecule has 2 saturated heterocycles. The summed E-state index contributed by atoms with van der Waals surface area (Å²) in [6.07, 6.45) is 6.64. The zero-order chi connectivity index (χ0) is 11.4. The van der Waals surface area contributed by atoms with Crippen molar-refractivity contribution in [3.05, 3.63) is 0 Å². The predicted octanol–water partition coefficient (Wildman–Crippen LogP) is 2.20. The van der Waals surface area contributed by atoms with Gasteiger partial charge in [0.1, 0.15) is 0 Å². The maximum absolute atomic E-state index is 12.1. The van der Waals surface area contributed by atoms with Crippen LogP contribution in [0.15, 0.2) is 0 Å². The number of hydrogen-bond donors (Lipinski definition) is 1. The van der Waals surface area contributed by atoms with Crippen LogP contribution < -0.4 is 5.32 Å². The average molecular weight is 261 g/mol. The van der Waals surface area contributed by atoms with Gasteiger partial charge in [-0.25, -0.2) is 0 Å². The first-order chi connectivity index (χ1) is 7.81. The number of amides is 1. The molecule has 0 radical (unpaired) electrons. The smallest absolute Gasteiger partial charge is 0.222 e. The molecule has 0 spiro atoms. The zero-order valence-corrected chi connectivity index (χ0v) is 11.6. The maximum atomic E-state index is 12.1. The summed E-state index contributed by atoms with van der Waals surface area (Å²) in [6.45, 7) is 5.45. The van der Waals surface area contributed by atoms with E-state index < -0.39 is 0 Å². The van der Waals surface area contributed by atoms with Crippen molar-refractivity contribution in [3.8, 4) is 0 Å². The molecule has 0 aromatic heterocycles. The fraction of sp³-hybridized carbons (Fsp3) is 0.923. The van der Waals surface area contributed by atoms with Gasteiger partial charge in [-0.3, -0.25) is 4.79 Å². The fourth-order valence-electron chi connectivity index (χ4n) is 3.02. The van der Waals surface area contributed by atoms with Gasteiger partial charge in [-0.05, 0) is 51.1 Å². The van der Waals surface area contributed by atoms with Crippen LogP contribution in [0.25, 0.3) is 0 Å². The van der Waals surface area contributed by atoms with Crippen molar-refractivity contribution in [2.24, 2.45) is 5.92 Å². The summed E-state index contributed by atoms with van der Waals surface area (Å²) in [5.41, 5.74) is 0. The topological polar surface area (TPSA) is 32.3 Å². The van der Waals surface area contributed by atoms with Crippen molar-refractivity contribution >= 4 is 18.3 Å². The van der Waals surface area contributed by atoms with Gasteiger partial charge in [0.15, 0.2) is 0 Å². The number of rotatable bonds is 4. The number of carbonyl (C=O) groups excluding carboxylic acids is 1. The van der Waals surface area contributed by atoms with Gasteiger partial charge in [0.05, 0.1) is 0 Å². The third kappa shape index (κ3) is 3.85. The molecule has 4 heteroatoms. The molecule has 2 unspecified atom stereocenters. The molecule has 17 heavy (non-hydrogen) atoms. The van der Waals surface area contributed by atoms with Gasteiger partial charge >= 0.3 is 0 Å². The second kappa shape index (κ2) is 7.22. The van der Waals surface area contributed by atoms with Crippen LogP contribution in [0.2, 0.25) is 0 Å². The van der Waals surface area contributed by atoms with E-state index in [4.69, 9.17) is 0 Å². The summed E-state index contributed by atoms with van der Waals surface area (Å²) >= 11 is 0. The standard InChI is InChI=1S/C13H24N2O.ClH/c1-2-12-4-3-9-15(12)13(16)6-5-11-7-8-14-10-11;/h11-12,14H,2-10H2,1H3;1H. The van der Waals surface area contributed by atoms with Crippen molar-refractivity contribution in [2.45, 2.75) is 51.5 Å². The molecule has 2 heterocycles. The van der Waals surface area contributed by atoms with E-state index in [1.54, 1.807) is 0 Å². The summed E-state index contributed by atoms with van der Waals surface area (Å²) in [7, 11) is 0. The Balaban J connectivity index is 0.00000144. The van der Waals surface area contributed by atoms with Crippen LogP contribution in [-0.2, 0) is 4.79 Å². The Morgan fingerprint density at radius 3 is 2.88 bits per heavy atom. The molecule has 0 aliphatic carbocycles. The van der Waals surface area contributed by atoms with E-state index >= 15 is 0 Å². The number of nitrogens with one attached hydrogen (secondary N) is 1. The van der Waals surface area contributed by atoms with Crippen LogP contribution >= 0.6 is 12.4 Å². The normalized spacial score (nSPS) is 28.2. The first-order valence-electron chi connectivity index (χ1n) is 6.81. The lowest BCUT2D eigenvalue weighted by Crippen LogP contribution is -2.35. The first kappa shape index (κ1) is 14.8. The highest BCUT2D eigenvalue weighted by Gasteiger charge is 2.27. The maximum Gasteiger partial charge on any atom is 0.222 e. The van der Waals surface area contributed by atoms with Gasteiger partial charge in [-0.1, -0.05) is 6.92 Å². The van der Waals surface area contributed by atoms with Crippen molar-refractivity contribution in [1.82, 2.24) is 10.2 Å². The van der Waals surface area contributed by atoms with Crippen LogP contribution in [0.4, 0.5) is 0 Å². The second-order valence-electron chi connectivity index (χ2n) is 5.19. The molecule has 2 fully saturated rings. The lowest BCUT2D eigenvalue weighted by Gasteiger charge is -2.24. The molecule has 2 rings (SSSR count). The summed E-state index contributed by atoms with van der Waals surface area (Å²) in [4.78, 5) is 14.2. The van der Waals surface area contributed by atoms with Gasteiger partial charge in [-0.2, -0.15) is 0 Å². The van der Waals surface area contributed by atoms with E-state index in [0.717, 1.165) is 44.8 Å². The molecular weight excluding hydrogens is 236 g/mol. The van der Waals surface area contributed by atoms with E-state index in [2.05, 4.69) is 17.1 Å². The van der Waals surface area contributed by atoms with E-state index in [1.807, 2.05) is 0 Å². The van der Waals surface area contributed by atoms with Crippen LogP contribution in [0.1, 0.15) is 45.4 Å². The zero-order valence-electron chi connectivity index (χ0n) is 10.8. The van der Waals surface area contributed by atoms with Gasteiger partial charge < -0.3 is 10.2 Å². The van der Waals surface area contributed by atoms with E-state index in [-0.39, 0.29) is 12.4 Å². The van der Waals surface area contributed by atoms with Crippen molar-refractivity contribution in [2.75, 3.05) is 19.6 Å².